The van der Waals surface area contributed by atoms with E-state index >= 15 is 0 Å². The number of hydrogen-bond donors (Lipinski definition) is 1. The summed E-state index contributed by atoms with van der Waals surface area (Å²) in [5.41, 5.74) is 6.96. The lowest BCUT2D eigenvalue weighted by atomic mass is 9.89. The summed E-state index contributed by atoms with van der Waals surface area (Å²) in [5, 5.41) is 0. The predicted molar refractivity (Wildman–Crippen MR) is 110 cm³/mol. The fraction of sp³-hybridized carbons (Fsp3) is 0.409. The second kappa shape index (κ2) is 8.79. The van der Waals surface area contributed by atoms with Crippen LogP contribution in [0.15, 0.2) is 18.2 Å². The zero-order valence-corrected chi connectivity index (χ0v) is 18.3. The highest BCUT2D eigenvalue weighted by atomic mass is 19.1. The topological polar surface area (TPSA) is 101 Å². The monoisotopic (exact) mass is 418 g/mol. The molecule has 7 nitrogen and oxygen atoms in total. The number of pyridine rings is 1. The third-order valence-corrected chi connectivity index (χ3v) is 4.49. The van der Waals surface area contributed by atoms with Gasteiger partial charge in [-0.15, -0.1) is 0 Å². The Morgan fingerprint density at radius 3 is 2.27 bits per heavy atom. The van der Waals surface area contributed by atoms with Crippen LogP contribution in [0, 0.1) is 19.7 Å². The van der Waals surface area contributed by atoms with E-state index in [9.17, 15) is 14.0 Å². The quantitative estimate of drug-likeness (QED) is 0.580. The number of carbonyl (C=O) groups excluding carboxylic acids is 2. The van der Waals surface area contributed by atoms with Gasteiger partial charge in [0.05, 0.1) is 25.5 Å². The molecule has 0 aliphatic rings. The van der Waals surface area contributed by atoms with E-state index in [4.69, 9.17) is 19.9 Å². The van der Waals surface area contributed by atoms with E-state index in [1.807, 2.05) is 0 Å². The first-order valence-electron chi connectivity index (χ1n) is 9.31. The summed E-state index contributed by atoms with van der Waals surface area (Å²) in [6.07, 6.45) is -1.15. The van der Waals surface area contributed by atoms with Crippen molar-refractivity contribution in [1.29, 1.82) is 0 Å². The van der Waals surface area contributed by atoms with Crippen LogP contribution in [0.4, 0.5) is 10.1 Å². The van der Waals surface area contributed by atoms with Gasteiger partial charge in [-0.2, -0.15) is 0 Å². The van der Waals surface area contributed by atoms with E-state index in [1.54, 1.807) is 40.7 Å². The van der Waals surface area contributed by atoms with Gasteiger partial charge in [0, 0.05) is 11.3 Å². The summed E-state index contributed by atoms with van der Waals surface area (Å²) in [5.74, 6) is -1.92. The van der Waals surface area contributed by atoms with Gasteiger partial charge in [-0.05, 0) is 63.4 Å². The van der Waals surface area contributed by atoms with Crippen LogP contribution in [-0.2, 0) is 19.0 Å². The number of esters is 2. The number of rotatable bonds is 5. The molecule has 2 N–H and O–H groups in total. The normalized spacial score (nSPS) is 12.4. The van der Waals surface area contributed by atoms with Crippen molar-refractivity contribution in [3.8, 4) is 11.1 Å². The van der Waals surface area contributed by atoms with Gasteiger partial charge in [-0.3, -0.25) is 0 Å². The zero-order valence-electron chi connectivity index (χ0n) is 18.3. The lowest BCUT2D eigenvalue weighted by Gasteiger charge is -2.29. The number of anilines is 1. The highest BCUT2D eigenvalue weighted by molar-refractivity contribution is 5.93. The maximum Gasteiger partial charge on any atom is 0.356 e. The smallest absolute Gasteiger partial charge is 0.356 e. The molecule has 0 saturated heterocycles. The Hall–Kier alpha value is -3.00. The first kappa shape index (κ1) is 23.3. The molecule has 0 unspecified atom stereocenters. The molecule has 0 bridgehead atoms. The Balaban J connectivity index is 2.93. The summed E-state index contributed by atoms with van der Waals surface area (Å²) in [6.45, 7) is 8.68. The second-order valence-electron chi connectivity index (χ2n) is 7.82. The third-order valence-electron chi connectivity index (χ3n) is 4.49. The van der Waals surface area contributed by atoms with Crippen LogP contribution in [0.1, 0.15) is 54.2 Å². The maximum atomic E-state index is 14.3. The average Bonchev–Trinajstić information content (AvgIpc) is 2.67. The number of hydrogen-bond acceptors (Lipinski definition) is 7. The van der Waals surface area contributed by atoms with Gasteiger partial charge in [-0.25, -0.2) is 19.0 Å². The standard InChI is InChI=1S/C22H27FN2O5/c1-11-16(13-8-9-15(24)14(23)10-13)17(12(2)25-18(11)20(26)28-6)19(21(27)29-7)30-22(3,4)5/h8-10,19H,24H2,1-7H3/t19-/m0/s1. The molecule has 0 aliphatic heterocycles. The molecule has 0 spiro atoms. The fourth-order valence-corrected chi connectivity index (χ4v) is 3.17. The SMILES string of the molecule is COC(=O)c1nc(C)c([C@H](OC(C)(C)C)C(=O)OC)c(-c2ccc(N)c(F)c2)c1C. The van der Waals surface area contributed by atoms with E-state index in [0.717, 1.165) is 0 Å². The number of carbonyl (C=O) groups is 2. The van der Waals surface area contributed by atoms with E-state index in [-0.39, 0.29) is 11.4 Å². The van der Waals surface area contributed by atoms with Crippen molar-refractivity contribution in [3.63, 3.8) is 0 Å². The van der Waals surface area contributed by atoms with Gasteiger partial charge in [0.2, 0.25) is 0 Å². The molecule has 8 heteroatoms. The summed E-state index contributed by atoms with van der Waals surface area (Å²) in [7, 11) is 2.50. The number of aromatic nitrogens is 1. The van der Waals surface area contributed by atoms with Crippen molar-refractivity contribution in [3.05, 3.63) is 46.5 Å². The van der Waals surface area contributed by atoms with Crippen molar-refractivity contribution < 1.29 is 28.2 Å². The van der Waals surface area contributed by atoms with Crippen LogP contribution in [0.5, 0.6) is 0 Å². The van der Waals surface area contributed by atoms with Crippen LogP contribution in [-0.4, -0.2) is 36.7 Å². The van der Waals surface area contributed by atoms with E-state index in [0.29, 0.717) is 27.9 Å². The van der Waals surface area contributed by atoms with Gasteiger partial charge >= 0.3 is 11.9 Å². The number of methoxy groups -OCH3 is 2. The minimum atomic E-state index is -1.15. The molecule has 0 radical (unpaired) electrons. The molecular weight excluding hydrogens is 391 g/mol. The Kier molecular flexibility index (Phi) is 6.82. The highest BCUT2D eigenvalue weighted by Crippen LogP contribution is 2.39. The predicted octanol–water partition coefficient (Wildman–Crippen LogP) is 3.90. The molecule has 2 rings (SSSR count). The first-order chi connectivity index (χ1) is 13.9. The second-order valence-corrected chi connectivity index (χ2v) is 7.82. The molecule has 1 aromatic heterocycles. The molecule has 0 saturated carbocycles. The molecule has 30 heavy (non-hydrogen) atoms. The summed E-state index contributed by atoms with van der Waals surface area (Å²) in [6, 6.07) is 4.27. The number of nitrogens with two attached hydrogens (primary N) is 1. The van der Waals surface area contributed by atoms with Crippen LogP contribution in [0.25, 0.3) is 11.1 Å². The van der Waals surface area contributed by atoms with E-state index < -0.39 is 29.5 Å². The van der Waals surface area contributed by atoms with Gasteiger partial charge in [0.1, 0.15) is 5.82 Å². The Labute approximate surface area is 175 Å². The lowest BCUT2D eigenvalue weighted by molar-refractivity contribution is -0.164. The van der Waals surface area contributed by atoms with E-state index in [2.05, 4.69) is 4.98 Å². The number of benzene rings is 1. The molecule has 1 aromatic carbocycles. The third kappa shape index (κ3) is 4.76. The van der Waals surface area contributed by atoms with Gasteiger partial charge in [0.25, 0.3) is 0 Å². The molecule has 0 aliphatic carbocycles. The van der Waals surface area contributed by atoms with Crippen molar-refractivity contribution >= 4 is 17.6 Å². The average molecular weight is 418 g/mol. The molecule has 0 amide bonds. The Bertz CT molecular complexity index is 982. The van der Waals surface area contributed by atoms with Crippen LogP contribution < -0.4 is 5.73 Å². The Morgan fingerprint density at radius 1 is 1.13 bits per heavy atom. The number of aryl methyl sites for hydroxylation is 1. The first-order valence-corrected chi connectivity index (χ1v) is 9.31. The van der Waals surface area contributed by atoms with E-state index in [1.165, 1.54) is 26.4 Å². The molecule has 1 heterocycles. The number of nitrogens with zero attached hydrogens (tertiary/aromatic N) is 1. The highest BCUT2D eigenvalue weighted by Gasteiger charge is 2.34. The zero-order chi connectivity index (χ0) is 22.8. The van der Waals surface area contributed by atoms with Crippen LogP contribution in [0.3, 0.4) is 0 Å². The molecular formula is C22H27FN2O5. The summed E-state index contributed by atoms with van der Waals surface area (Å²) < 4.78 is 30.1. The fourth-order valence-electron chi connectivity index (χ4n) is 3.17. The van der Waals surface area contributed by atoms with Gasteiger partial charge in [0.15, 0.2) is 11.8 Å². The van der Waals surface area contributed by atoms with Crippen LogP contribution in [0.2, 0.25) is 0 Å². The Morgan fingerprint density at radius 2 is 1.77 bits per heavy atom. The molecule has 1 atom stereocenters. The van der Waals surface area contributed by atoms with Crippen LogP contribution >= 0.6 is 0 Å². The molecule has 2 aromatic rings. The minimum Gasteiger partial charge on any atom is -0.467 e. The number of ether oxygens (including phenoxy) is 3. The van der Waals surface area contributed by atoms with Crippen molar-refractivity contribution in [1.82, 2.24) is 4.98 Å². The lowest BCUT2D eigenvalue weighted by Crippen LogP contribution is -2.30. The van der Waals surface area contributed by atoms with Crippen molar-refractivity contribution in [2.45, 2.75) is 46.3 Å². The van der Waals surface area contributed by atoms with Crippen molar-refractivity contribution in [2.24, 2.45) is 0 Å². The largest absolute Gasteiger partial charge is 0.467 e. The number of halogens is 1. The maximum absolute atomic E-state index is 14.3. The molecule has 162 valence electrons. The van der Waals surface area contributed by atoms with Gasteiger partial charge in [-0.1, -0.05) is 6.07 Å². The molecule has 0 fully saturated rings. The summed E-state index contributed by atoms with van der Waals surface area (Å²) in [4.78, 5) is 29.3. The van der Waals surface area contributed by atoms with Gasteiger partial charge < -0.3 is 19.9 Å². The minimum absolute atomic E-state index is 0.0209. The summed E-state index contributed by atoms with van der Waals surface area (Å²) >= 11 is 0. The van der Waals surface area contributed by atoms with Crippen molar-refractivity contribution in [2.75, 3.05) is 20.0 Å². The number of nitrogen functional groups attached to an aromatic ring is 1.